The first kappa shape index (κ1) is 23.9. The minimum atomic E-state index is -0.626. The molecule has 1 aliphatic heterocycles. The molecule has 178 valence electrons. The van der Waals surface area contributed by atoms with E-state index in [0.29, 0.717) is 51.8 Å². The number of carbonyl (C=O) groups excluding carboxylic acids is 2. The van der Waals surface area contributed by atoms with Gasteiger partial charge in [-0.2, -0.15) is 0 Å². The Bertz CT molecular complexity index is 1180. The van der Waals surface area contributed by atoms with E-state index in [2.05, 4.69) is 5.32 Å². The van der Waals surface area contributed by atoms with Crippen molar-refractivity contribution in [3.8, 4) is 11.5 Å². The van der Waals surface area contributed by atoms with Crippen LogP contribution in [0.15, 0.2) is 65.0 Å². The zero-order valence-corrected chi connectivity index (χ0v) is 20.5. The second-order valence-corrected chi connectivity index (χ2v) is 8.81. The van der Waals surface area contributed by atoms with Crippen molar-refractivity contribution < 1.29 is 23.8 Å². The fourth-order valence-corrected chi connectivity index (χ4v) is 5.07. The molecule has 0 fully saturated rings. The van der Waals surface area contributed by atoms with Crippen LogP contribution in [0.3, 0.4) is 0 Å². The smallest absolute Gasteiger partial charge is 0.336 e. The van der Waals surface area contributed by atoms with Crippen molar-refractivity contribution in [2.75, 3.05) is 20.8 Å². The van der Waals surface area contributed by atoms with E-state index < -0.39 is 11.9 Å². The van der Waals surface area contributed by atoms with Crippen LogP contribution in [-0.2, 0) is 14.3 Å². The highest BCUT2D eigenvalue weighted by molar-refractivity contribution is 6.30. The van der Waals surface area contributed by atoms with E-state index in [1.165, 1.54) is 0 Å². The maximum Gasteiger partial charge on any atom is 0.336 e. The first-order valence-electron chi connectivity index (χ1n) is 11.3. The first-order chi connectivity index (χ1) is 16.4. The number of esters is 1. The largest absolute Gasteiger partial charge is 0.493 e. The number of carbonyl (C=O) groups is 2. The Morgan fingerprint density at radius 1 is 1.09 bits per heavy atom. The molecular weight excluding hydrogens is 454 g/mol. The first-order valence-corrected chi connectivity index (χ1v) is 11.6. The molecule has 0 radical (unpaired) electrons. The number of methoxy groups -OCH3 is 2. The number of hydrogen-bond acceptors (Lipinski definition) is 6. The van der Waals surface area contributed by atoms with Gasteiger partial charge in [-0.25, -0.2) is 4.79 Å². The summed E-state index contributed by atoms with van der Waals surface area (Å²) in [7, 11) is 3.11. The average Bonchev–Trinajstić information content (AvgIpc) is 2.82. The lowest BCUT2D eigenvalue weighted by atomic mass is 9.71. The lowest BCUT2D eigenvalue weighted by molar-refractivity contribution is -0.138. The number of rotatable bonds is 6. The molecule has 0 spiro atoms. The van der Waals surface area contributed by atoms with E-state index >= 15 is 0 Å². The van der Waals surface area contributed by atoms with E-state index in [1.54, 1.807) is 27.2 Å². The van der Waals surface area contributed by atoms with E-state index in [9.17, 15) is 9.59 Å². The molecule has 1 aliphatic carbocycles. The van der Waals surface area contributed by atoms with Crippen molar-refractivity contribution in [3.05, 3.63) is 81.2 Å². The number of ether oxygens (including phenoxy) is 3. The Balaban J connectivity index is 1.86. The van der Waals surface area contributed by atoms with Crippen LogP contribution in [0.25, 0.3) is 0 Å². The van der Waals surface area contributed by atoms with Gasteiger partial charge in [0.15, 0.2) is 17.3 Å². The molecule has 0 saturated carbocycles. The molecule has 2 aliphatic rings. The fourth-order valence-electron chi connectivity index (χ4n) is 4.94. The van der Waals surface area contributed by atoms with Gasteiger partial charge in [-0.15, -0.1) is 0 Å². The SMILES string of the molecule is CCOC(=O)C1=C(C)NC2=C(C(=O)C[C@@H](c3ccc(Cl)cc3)C2)[C@H]1c1cccc(OC)c1OC. The Morgan fingerprint density at radius 3 is 2.47 bits per heavy atom. The molecule has 0 saturated heterocycles. The molecule has 2 atom stereocenters. The van der Waals surface area contributed by atoms with Gasteiger partial charge in [0.05, 0.1) is 32.3 Å². The number of nitrogens with one attached hydrogen (secondary N) is 1. The van der Waals surface area contributed by atoms with Crippen molar-refractivity contribution >= 4 is 23.4 Å². The summed E-state index contributed by atoms with van der Waals surface area (Å²) in [5.41, 5.74) is 4.21. The summed E-state index contributed by atoms with van der Waals surface area (Å²) in [5, 5.41) is 4.01. The lowest BCUT2D eigenvalue weighted by Gasteiger charge is -2.37. The molecule has 7 heteroatoms. The normalized spacial score (nSPS) is 20.0. The predicted molar refractivity (Wildman–Crippen MR) is 130 cm³/mol. The fraction of sp³-hybridized carbons (Fsp3) is 0.333. The highest BCUT2D eigenvalue weighted by atomic mass is 35.5. The molecule has 1 heterocycles. The summed E-state index contributed by atoms with van der Waals surface area (Å²) in [6.45, 7) is 3.83. The molecule has 1 N–H and O–H groups in total. The minimum Gasteiger partial charge on any atom is -0.493 e. The van der Waals surface area contributed by atoms with Crippen molar-refractivity contribution in [1.82, 2.24) is 5.32 Å². The minimum absolute atomic E-state index is 0.0146. The number of dihydropyridines is 1. The third-order valence-corrected chi connectivity index (χ3v) is 6.66. The summed E-state index contributed by atoms with van der Waals surface area (Å²) >= 11 is 6.06. The molecule has 34 heavy (non-hydrogen) atoms. The summed E-state index contributed by atoms with van der Waals surface area (Å²) in [4.78, 5) is 26.8. The zero-order chi connectivity index (χ0) is 24.4. The monoisotopic (exact) mass is 481 g/mol. The number of Topliss-reactive ketones (excluding diaryl/α,β-unsaturated/α-hetero) is 1. The van der Waals surface area contributed by atoms with Crippen LogP contribution in [0.5, 0.6) is 11.5 Å². The van der Waals surface area contributed by atoms with Gasteiger partial charge in [-0.1, -0.05) is 35.9 Å². The van der Waals surface area contributed by atoms with Gasteiger partial charge in [0.1, 0.15) is 0 Å². The van der Waals surface area contributed by atoms with Gasteiger partial charge in [0.2, 0.25) is 0 Å². The Morgan fingerprint density at radius 2 is 1.82 bits per heavy atom. The molecule has 6 nitrogen and oxygen atoms in total. The van der Waals surface area contributed by atoms with Gasteiger partial charge in [0, 0.05) is 34.0 Å². The molecule has 0 bridgehead atoms. The van der Waals surface area contributed by atoms with Gasteiger partial charge >= 0.3 is 5.97 Å². The topological polar surface area (TPSA) is 73.9 Å². The highest BCUT2D eigenvalue weighted by Crippen LogP contribution is 2.49. The number of allylic oxidation sites excluding steroid dienone is 3. The third kappa shape index (κ3) is 4.30. The van der Waals surface area contributed by atoms with Crippen LogP contribution < -0.4 is 14.8 Å². The van der Waals surface area contributed by atoms with Crippen LogP contribution in [0.1, 0.15) is 49.7 Å². The van der Waals surface area contributed by atoms with Crippen molar-refractivity contribution in [3.63, 3.8) is 0 Å². The molecule has 4 rings (SSSR count). The predicted octanol–water partition coefficient (Wildman–Crippen LogP) is 5.28. The second kappa shape index (κ2) is 9.94. The Labute approximate surface area is 204 Å². The standard InChI is InChI=1S/C27H28ClNO5/c1-5-34-27(31)23-15(2)29-20-13-17(16-9-11-18(28)12-10-16)14-21(30)25(20)24(23)19-7-6-8-22(32-3)26(19)33-4/h6-12,17,24,29H,5,13-14H2,1-4H3/t17-,24-/m0/s1. The molecule has 0 aromatic heterocycles. The van der Waals surface area contributed by atoms with E-state index in [4.69, 9.17) is 25.8 Å². The Kier molecular flexibility index (Phi) is 6.98. The van der Waals surface area contributed by atoms with Crippen molar-refractivity contribution in [2.24, 2.45) is 0 Å². The summed E-state index contributed by atoms with van der Waals surface area (Å²) in [6, 6.07) is 13.1. The van der Waals surface area contributed by atoms with Crippen LogP contribution in [0.4, 0.5) is 0 Å². The quantitative estimate of drug-likeness (QED) is 0.566. The Hall–Kier alpha value is -3.25. The maximum absolute atomic E-state index is 13.7. The molecular formula is C27H28ClNO5. The van der Waals surface area contributed by atoms with E-state index in [1.807, 2.05) is 43.3 Å². The van der Waals surface area contributed by atoms with Gasteiger partial charge < -0.3 is 19.5 Å². The van der Waals surface area contributed by atoms with Crippen LogP contribution in [0.2, 0.25) is 5.02 Å². The van der Waals surface area contributed by atoms with Gasteiger partial charge in [-0.3, -0.25) is 4.79 Å². The van der Waals surface area contributed by atoms with Crippen molar-refractivity contribution in [2.45, 2.75) is 38.5 Å². The average molecular weight is 482 g/mol. The number of halogens is 1. The van der Waals surface area contributed by atoms with Gasteiger partial charge in [-0.05, 0) is 49.9 Å². The number of para-hydroxylation sites is 1. The van der Waals surface area contributed by atoms with E-state index in [-0.39, 0.29) is 18.3 Å². The lowest BCUT2D eigenvalue weighted by Crippen LogP contribution is -2.36. The molecule has 0 unspecified atom stereocenters. The summed E-state index contributed by atoms with van der Waals surface area (Å²) in [6.07, 6.45) is 0.971. The number of hydrogen-bond donors (Lipinski definition) is 1. The van der Waals surface area contributed by atoms with E-state index in [0.717, 1.165) is 11.3 Å². The zero-order valence-electron chi connectivity index (χ0n) is 19.7. The maximum atomic E-state index is 13.7. The number of ketones is 1. The third-order valence-electron chi connectivity index (χ3n) is 6.41. The highest BCUT2D eigenvalue weighted by Gasteiger charge is 2.42. The van der Waals surface area contributed by atoms with Gasteiger partial charge in [0.25, 0.3) is 0 Å². The summed E-state index contributed by atoms with van der Waals surface area (Å²) < 4.78 is 16.6. The summed E-state index contributed by atoms with van der Waals surface area (Å²) in [5.74, 6) is -0.0610. The van der Waals surface area contributed by atoms with Crippen LogP contribution in [0, 0.1) is 0 Å². The number of benzene rings is 2. The van der Waals surface area contributed by atoms with Crippen molar-refractivity contribution in [1.29, 1.82) is 0 Å². The van der Waals surface area contributed by atoms with Crippen LogP contribution in [-0.4, -0.2) is 32.6 Å². The second-order valence-electron chi connectivity index (χ2n) is 8.37. The van der Waals surface area contributed by atoms with Crippen LogP contribution >= 0.6 is 11.6 Å². The molecule has 0 amide bonds. The molecule has 2 aromatic rings. The molecule has 2 aromatic carbocycles.